The zero-order chi connectivity index (χ0) is 24.8. The molecule has 0 atom stereocenters. The number of ether oxygens (including phenoxy) is 1. The molecule has 10 heteroatoms. The fraction of sp³-hybridized carbons (Fsp3) is 0.400. The van der Waals surface area contributed by atoms with Gasteiger partial charge in [-0.2, -0.15) is 0 Å². The van der Waals surface area contributed by atoms with Crippen molar-refractivity contribution >= 4 is 34.6 Å². The van der Waals surface area contributed by atoms with E-state index in [0.717, 1.165) is 11.2 Å². The molecule has 3 amide bonds. The van der Waals surface area contributed by atoms with Crippen LogP contribution < -0.4 is 10.6 Å². The number of pyridine rings is 1. The highest BCUT2D eigenvalue weighted by molar-refractivity contribution is 6.05. The van der Waals surface area contributed by atoms with E-state index in [0.29, 0.717) is 62.3 Å². The van der Waals surface area contributed by atoms with E-state index < -0.39 is 0 Å². The van der Waals surface area contributed by atoms with E-state index in [1.165, 1.54) is 6.92 Å². The molecular formula is C25H30N6O4. The summed E-state index contributed by atoms with van der Waals surface area (Å²) in [5.74, 6) is -0.469. The lowest BCUT2D eigenvalue weighted by Gasteiger charge is -2.31. The molecule has 2 N–H and O–H groups in total. The second kappa shape index (κ2) is 11.0. The maximum absolute atomic E-state index is 13.1. The number of hydrogen-bond donors (Lipinski definition) is 2. The van der Waals surface area contributed by atoms with E-state index >= 15 is 0 Å². The molecule has 1 aliphatic heterocycles. The Morgan fingerprint density at radius 2 is 1.94 bits per heavy atom. The normalized spacial score (nSPS) is 14.1. The van der Waals surface area contributed by atoms with Gasteiger partial charge in [-0.25, -0.2) is 9.78 Å². The topological polar surface area (TPSA) is 118 Å². The van der Waals surface area contributed by atoms with Gasteiger partial charge in [0.1, 0.15) is 0 Å². The average Bonchev–Trinajstić information content (AvgIpc) is 3.27. The second-order valence-corrected chi connectivity index (χ2v) is 8.52. The summed E-state index contributed by atoms with van der Waals surface area (Å²) in [6.45, 7) is 5.24. The number of hydrogen-bond acceptors (Lipinski definition) is 6. The number of aryl methyl sites for hydroxylation is 2. The van der Waals surface area contributed by atoms with E-state index in [1.807, 2.05) is 22.8 Å². The van der Waals surface area contributed by atoms with Gasteiger partial charge in [0, 0.05) is 56.5 Å². The number of nitrogens with one attached hydrogen (secondary N) is 2. The van der Waals surface area contributed by atoms with Crippen molar-refractivity contribution in [3.63, 3.8) is 0 Å². The number of anilines is 1. The summed E-state index contributed by atoms with van der Waals surface area (Å²) >= 11 is 0. The van der Waals surface area contributed by atoms with Crippen molar-refractivity contribution in [2.75, 3.05) is 25.0 Å². The lowest BCUT2D eigenvalue weighted by molar-refractivity contribution is -0.114. The van der Waals surface area contributed by atoms with Crippen LogP contribution in [0.2, 0.25) is 0 Å². The maximum atomic E-state index is 13.1. The largest absolute Gasteiger partial charge is 0.450 e. The van der Waals surface area contributed by atoms with Crippen LogP contribution >= 0.6 is 0 Å². The minimum atomic E-state index is -0.318. The Labute approximate surface area is 203 Å². The van der Waals surface area contributed by atoms with Crippen LogP contribution in [0.3, 0.4) is 0 Å². The Morgan fingerprint density at radius 3 is 2.63 bits per heavy atom. The van der Waals surface area contributed by atoms with Crippen LogP contribution in [0.25, 0.3) is 11.0 Å². The predicted octanol–water partition coefficient (Wildman–Crippen LogP) is 2.98. The molecule has 0 bridgehead atoms. The molecule has 3 aromatic rings. The molecule has 10 nitrogen and oxygen atoms in total. The van der Waals surface area contributed by atoms with Gasteiger partial charge in [-0.3, -0.25) is 14.6 Å². The Bertz CT molecular complexity index is 1200. The third-order valence-corrected chi connectivity index (χ3v) is 5.98. The fourth-order valence-corrected chi connectivity index (χ4v) is 4.27. The number of fused-ring (bicyclic) bond motifs is 1. The molecule has 0 unspecified atom stereocenters. The van der Waals surface area contributed by atoms with E-state index in [2.05, 4.69) is 20.6 Å². The van der Waals surface area contributed by atoms with Gasteiger partial charge in [0.15, 0.2) is 0 Å². The molecule has 1 fully saturated rings. The van der Waals surface area contributed by atoms with Crippen molar-refractivity contribution in [2.24, 2.45) is 0 Å². The number of piperidine rings is 1. The number of nitrogens with zero attached hydrogens (tertiary/aromatic N) is 4. The highest BCUT2D eigenvalue weighted by atomic mass is 16.6. The maximum Gasteiger partial charge on any atom is 0.409 e. The SMILES string of the molecule is CCOC(=O)N1CCC(NC(=O)c2cc(NC(C)=O)c3c(c2)ncn3CCc2ccccn2)CC1. The van der Waals surface area contributed by atoms with Gasteiger partial charge in [-0.05, 0) is 44.0 Å². The minimum absolute atomic E-state index is 0.0518. The summed E-state index contributed by atoms with van der Waals surface area (Å²) in [6, 6.07) is 9.16. The van der Waals surface area contributed by atoms with E-state index in [1.54, 1.807) is 36.5 Å². The first kappa shape index (κ1) is 24.2. The third-order valence-electron chi connectivity index (χ3n) is 5.98. The molecule has 4 rings (SSSR count). The molecule has 184 valence electrons. The van der Waals surface area contributed by atoms with Crippen molar-refractivity contribution in [2.45, 2.75) is 45.7 Å². The summed E-state index contributed by atoms with van der Waals surface area (Å²) in [7, 11) is 0. The van der Waals surface area contributed by atoms with Gasteiger partial charge in [0.05, 0.1) is 29.7 Å². The zero-order valence-electron chi connectivity index (χ0n) is 20.0. The van der Waals surface area contributed by atoms with Gasteiger partial charge in [0.2, 0.25) is 5.91 Å². The van der Waals surface area contributed by atoms with Crippen LogP contribution in [0.4, 0.5) is 10.5 Å². The summed E-state index contributed by atoms with van der Waals surface area (Å²) in [4.78, 5) is 47.4. The number of imidazole rings is 1. The first-order valence-electron chi connectivity index (χ1n) is 11.8. The predicted molar refractivity (Wildman–Crippen MR) is 131 cm³/mol. The van der Waals surface area contributed by atoms with Crippen molar-refractivity contribution in [1.82, 2.24) is 24.8 Å². The van der Waals surface area contributed by atoms with Crippen LogP contribution in [0.15, 0.2) is 42.9 Å². The number of rotatable bonds is 7. The molecule has 0 aliphatic carbocycles. The van der Waals surface area contributed by atoms with Crippen LogP contribution in [0.1, 0.15) is 42.7 Å². The number of carbonyl (C=O) groups is 3. The Kier molecular flexibility index (Phi) is 7.59. The highest BCUT2D eigenvalue weighted by Crippen LogP contribution is 2.26. The molecule has 3 heterocycles. The number of aromatic nitrogens is 3. The fourth-order valence-electron chi connectivity index (χ4n) is 4.27. The third kappa shape index (κ3) is 5.95. The minimum Gasteiger partial charge on any atom is -0.450 e. The van der Waals surface area contributed by atoms with Gasteiger partial charge in [-0.15, -0.1) is 0 Å². The Morgan fingerprint density at radius 1 is 1.14 bits per heavy atom. The molecule has 1 aliphatic rings. The van der Waals surface area contributed by atoms with Crippen molar-refractivity contribution < 1.29 is 19.1 Å². The standard InChI is InChI=1S/C25H30N6O4/c1-3-35-25(34)30-11-8-20(9-12-30)29-24(33)18-14-21-23(22(15-18)28-17(2)32)31(16-27-21)13-7-19-6-4-5-10-26-19/h4-6,10,14-16,20H,3,7-9,11-13H2,1-2H3,(H,28,32)(H,29,33). The van der Waals surface area contributed by atoms with Gasteiger partial charge < -0.3 is 24.8 Å². The summed E-state index contributed by atoms with van der Waals surface area (Å²) in [5, 5.41) is 5.90. The van der Waals surface area contributed by atoms with Crippen molar-refractivity contribution in [3.05, 3.63) is 54.1 Å². The van der Waals surface area contributed by atoms with Crippen LogP contribution in [0.5, 0.6) is 0 Å². The van der Waals surface area contributed by atoms with Crippen LogP contribution in [-0.4, -0.2) is 63.1 Å². The molecule has 0 spiro atoms. The first-order chi connectivity index (χ1) is 16.9. The molecule has 0 saturated carbocycles. The van der Waals surface area contributed by atoms with Gasteiger partial charge in [0.25, 0.3) is 5.91 Å². The molecule has 0 radical (unpaired) electrons. The number of likely N-dealkylation sites (tertiary alicyclic amines) is 1. The van der Waals surface area contributed by atoms with Crippen molar-refractivity contribution in [1.29, 1.82) is 0 Å². The van der Waals surface area contributed by atoms with Gasteiger partial charge >= 0.3 is 6.09 Å². The number of carbonyl (C=O) groups excluding carboxylic acids is 3. The summed E-state index contributed by atoms with van der Waals surface area (Å²) < 4.78 is 7.01. The lowest BCUT2D eigenvalue weighted by Crippen LogP contribution is -2.46. The average molecular weight is 479 g/mol. The summed E-state index contributed by atoms with van der Waals surface area (Å²) in [6.07, 6.45) is 5.15. The van der Waals surface area contributed by atoms with Crippen LogP contribution in [0, 0.1) is 0 Å². The summed E-state index contributed by atoms with van der Waals surface area (Å²) in [5.41, 5.74) is 3.30. The van der Waals surface area contributed by atoms with Gasteiger partial charge in [-0.1, -0.05) is 6.07 Å². The number of benzene rings is 1. The Hall–Kier alpha value is -3.95. The smallest absolute Gasteiger partial charge is 0.409 e. The zero-order valence-corrected chi connectivity index (χ0v) is 20.0. The quantitative estimate of drug-likeness (QED) is 0.539. The second-order valence-electron chi connectivity index (χ2n) is 8.52. The van der Waals surface area contributed by atoms with Crippen LogP contribution in [-0.2, 0) is 22.5 Å². The monoisotopic (exact) mass is 478 g/mol. The molecule has 2 aromatic heterocycles. The molecule has 35 heavy (non-hydrogen) atoms. The van der Waals surface area contributed by atoms with E-state index in [-0.39, 0.29) is 23.9 Å². The Balaban J connectivity index is 1.48. The highest BCUT2D eigenvalue weighted by Gasteiger charge is 2.25. The molecule has 1 saturated heterocycles. The van der Waals surface area contributed by atoms with E-state index in [4.69, 9.17) is 4.74 Å². The molecular weight excluding hydrogens is 448 g/mol. The lowest BCUT2D eigenvalue weighted by atomic mass is 10.0. The number of amides is 3. The van der Waals surface area contributed by atoms with E-state index in [9.17, 15) is 14.4 Å². The first-order valence-corrected chi connectivity index (χ1v) is 11.8. The molecule has 1 aromatic carbocycles. The van der Waals surface area contributed by atoms with Crippen molar-refractivity contribution in [3.8, 4) is 0 Å².